The third kappa shape index (κ3) is 6.18. The van der Waals surface area contributed by atoms with Gasteiger partial charge in [0.05, 0.1) is 25.4 Å². The topological polar surface area (TPSA) is 97.4 Å². The Kier molecular flexibility index (Phi) is 8.99. The maximum atomic E-state index is 15.1. The number of rotatable bonds is 8. The molecule has 244 valence electrons. The maximum absolute atomic E-state index is 15.1. The van der Waals surface area contributed by atoms with Crippen molar-refractivity contribution in [3.05, 3.63) is 59.5 Å². The lowest BCUT2D eigenvalue weighted by Crippen LogP contribution is -2.53. The Morgan fingerprint density at radius 2 is 1.87 bits per heavy atom. The molecule has 46 heavy (non-hydrogen) atoms. The van der Waals surface area contributed by atoms with Crippen LogP contribution in [-0.2, 0) is 11.3 Å². The van der Waals surface area contributed by atoms with Gasteiger partial charge in [0.2, 0.25) is 11.9 Å². The molecule has 0 bridgehead atoms. The van der Waals surface area contributed by atoms with Crippen molar-refractivity contribution < 1.29 is 18.7 Å². The van der Waals surface area contributed by atoms with E-state index in [9.17, 15) is 9.59 Å². The van der Waals surface area contributed by atoms with E-state index in [-0.39, 0.29) is 24.2 Å². The van der Waals surface area contributed by atoms with E-state index in [1.165, 1.54) is 35.9 Å². The van der Waals surface area contributed by atoms with Crippen LogP contribution < -0.4 is 24.8 Å². The smallest absolute Gasteiger partial charge is 0.330 e. The molecule has 0 radical (unpaired) electrons. The van der Waals surface area contributed by atoms with Crippen LogP contribution in [0.15, 0.2) is 42.6 Å². The standard InChI is InChI=1S/C34H43FN8O3/c1-6-31(44)41-16-13-26(21-41)43-32-23(20-42(34(43)45)30-18-27(46-5)8-9-28(30)35)19-36-33(38-32)37-24-7-10-29(22(2)17-24)40-14-11-25(12-15-40)39(3)4/h7-10,17-19,25-26H,6,11-16,20-21H2,1-5H3,(H,36,37,38)/t26-/m0/s1. The number of hydrogen-bond donors (Lipinski definition) is 1. The molecule has 0 aliphatic carbocycles. The number of hydrogen-bond acceptors (Lipinski definition) is 8. The van der Waals surface area contributed by atoms with E-state index in [2.05, 4.69) is 53.3 Å². The van der Waals surface area contributed by atoms with Crippen molar-refractivity contribution in [2.45, 2.75) is 58.2 Å². The fraction of sp³-hybridized carbons (Fsp3) is 0.471. The molecule has 0 spiro atoms. The molecule has 1 atom stereocenters. The number of urea groups is 1. The Morgan fingerprint density at radius 1 is 1.09 bits per heavy atom. The van der Waals surface area contributed by atoms with Crippen molar-refractivity contribution >= 4 is 40.8 Å². The third-order valence-corrected chi connectivity index (χ3v) is 9.45. The summed E-state index contributed by atoms with van der Waals surface area (Å²) in [7, 11) is 5.80. The second-order valence-corrected chi connectivity index (χ2v) is 12.5. The largest absolute Gasteiger partial charge is 0.497 e. The third-order valence-electron chi connectivity index (χ3n) is 9.45. The molecule has 3 aliphatic heterocycles. The maximum Gasteiger partial charge on any atom is 0.330 e. The van der Waals surface area contributed by atoms with E-state index < -0.39 is 11.8 Å². The summed E-state index contributed by atoms with van der Waals surface area (Å²) in [4.78, 5) is 45.7. The van der Waals surface area contributed by atoms with Crippen molar-refractivity contribution in [1.29, 1.82) is 0 Å². The number of benzene rings is 2. The minimum atomic E-state index is -0.535. The first-order chi connectivity index (χ1) is 22.2. The predicted molar refractivity (Wildman–Crippen MR) is 178 cm³/mol. The Morgan fingerprint density at radius 3 is 2.57 bits per heavy atom. The van der Waals surface area contributed by atoms with E-state index in [1.54, 1.807) is 16.0 Å². The molecule has 2 fully saturated rings. The van der Waals surface area contributed by atoms with Gasteiger partial charge in [0.15, 0.2) is 0 Å². The molecule has 1 N–H and O–H groups in total. The van der Waals surface area contributed by atoms with Gasteiger partial charge in [0, 0.05) is 67.8 Å². The summed E-state index contributed by atoms with van der Waals surface area (Å²) in [5.41, 5.74) is 4.02. The fourth-order valence-corrected chi connectivity index (χ4v) is 6.82. The highest BCUT2D eigenvalue weighted by Gasteiger charge is 2.41. The zero-order chi connectivity index (χ0) is 32.5. The number of likely N-dealkylation sites (tertiary alicyclic amines) is 1. The van der Waals surface area contributed by atoms with E-state index in [1.807, 2.05) is 13.0 Å². The lowest BCUT2D eigenvalue weighted by molar-refractivity contribution is -0.129. The Hall–Kier alpha value is -4.45. The summed E-state index contributed by atoms with van der Waals surface area (Å²) < 4.78 is 20.4. The number of carbonyl (C=O) groups is 2. The number of aryl methyl sites for hydroxylation is 1. The molecule has 4 heterocycles. The lowest BCUT2D eigenvalue weighted by atomic mass is 10.0. The minimum Gasteiger partial charge on any atom is -0.497 e. The number of anilines is 5. The number of piperidine rings is 1. The van der Waals surface area contributed by atoms with Crippen molar-refractivity contribution in [1.82, 2.24) is 19.8 Å². The van der Waals surface area contributed by atoms with Gasteiger partial charge in [-0.05, 0) is 76.2 Å². The summed E-state index contributed by atoms with van der Waals surface area (Å²) in [6, 6.07) is 10.5. The Balaban J connectivity index is 1.28. The molecule has 1 aromatic heterocycles. The molecule has 3 aliphatic rings. The van der Waals surface area contributed by atoms with Crippen molar-refractivity contribution in [2.75, 3.05) is 67.4 Å². The number of halogens is 1. The van der Waals surface area contributed by atoms with E-state index in [0.29, 0.717) is 55.1 Å². The van der Waals surface area contributed by atoms with Gasteiger partial charge in [-0.3, -0.25) is 14.6 Å². The number of fused-ring (bicyclic) bond motifs is 1. The normalized spacial score (nSPS) is 18.8. The van der Waals surface area contributed by atoms with Gasteiger partial charge in [0.1, 0.15) is 17.4 Å². The van der Waals surface area contributed by atoms with Crippen LogP contribution in [-0.4, -0.2) is 91.2 Å². The highest BCUT2D eigenvalue weighted by Crippen LogP contribution is 2.37. The zero-order valence-corrected chi connectivity index (χ0v) is 27.3. The van der Waals surface area contributed by atoms with Gasteiger partial charge < -0.3 is 24.8 Å². The molecule has 3 amide bonds. The first kappa shape index (κ1) is 31.5. The van der Waals surface area contributed by atoms with E-state index >= 15 is 4.39 Å². The summed E-state index contributed by atoms with van der Waals surface area (Å²) in [6.45, 7) is 7.00. The molecule has 0 saturated carbocycles. The van der Waals surface area contributed by atoms with Gasteiger partial charge >= 0.3 is 6.03 Å². The first-order valence-electron chi connectivity index (χ1n) is 16.0. The van der Waals surface area contributed by atoms with Gasteiger partial charge in [-0.2, -0.15) is 4.98 Å². The molecule has 0 unspecified atom stereocenters. The average Bonchev–Trinajstić information content (AvgIpc) is 3.54. The fourth-order valence-electron chi connectivity index (χ4n) is 6.82. The number of aromatic nitrogens is 2. The molecule has 11 nitrogen and oxygen atoms in total. The van der Waals surface area contributed by atoms with Crippen LogP contribution in [0.4, 0.5) is 38.0 Å². The summed E-state index contributed by atoms with van der Waals surface area (Å²) in [5, 5.41) is 3.34. The molecule has 6 rings (SSSR count). The molecule has 2 aromatic carbocycles. The van der Waals surface area contributed by atoms with Crippen LogP contribution in [0, 0.1) is 12.7 Å². The average molecular weight is 631 g/mol. The summed E-state index contributed by atoms with van der Waals surface area (Å²) >= 11 is 0. The second kappa shape index (κ2) is 13.1. The lowest BCUT2D eigenvalue weighted by Gasteiger charge is -2.39. The van der Waals surface area contributed by atoms with E-state index in [0.717, 1.165) is 37.2 Å². The Labute approximate surface area is 269 Å². The predicted octanol–water partition coefficient (Wildman–Crippen LogP) is 5.16. The second-order valence-electron chi connectivity index (χ2n) is 12.5. The Bertz CT molecular complexity index is 1610. The highest BCUT2D eigenvalue weighted by molar-refractivity contribution is 6.06. The first-order valence-corrected chi connectivity index (χ1v) is 16.0. The molecule has 3 aromatic rings. The quantitative estimate of drug-likeness (QED) is 0.365. The number of nitrogens with one attached hydrogen (secondary N) is 1. The SMILES string of the molecule is CCC(=O)N1CC[C@H](N2C(=O)N(c3cc(OC)ccc3F)Cc3cnc(Nc4ccc(N5CCC(N(C)C)CC5)c(C)c4)nc32)C1. The van der Waals surface area contributed by atoms with Crippen LogP contribution in [0.2, 0.25) is 0 Å². The van der Waals surface area contributed by atoms with Crippen molar-refractivity contribution in [3.8, 4) is 5.75 Å². The van der Waals surface area contributed by atoms with Gasteiger partial charge in [-0.1, -0.05) is 6.92 Å². The van der Waals surface area contributed by atoms with Gasteiger partial charge in [0.25, 0.3) is 0 Å². The van der Waals surface area contributed by atoms with Crippen LogP contribution in [0.25, 0.3) is 0 Å². The number of methoxy groups -OCH3 is 1. The zero-order valence-electron chi connectivity index (χ0n) is 27.3. The number of carbonyl (C=O) groups excluding carboxylic acids is 2. The summed E-state index contributed by atoms with van der Waals surface area (Å²) in [6.07, 6.45) is 4.94. The highest BCUT2D eigenvalue weighted by atomic mass is 19.1. The monoisotopic (exact) mass is 630 g/mol. The molecular formula is C34H43FN8O3. The van der Waals surface area contributed by atoms with Crippen LogP contribution in [0.5, 0.6) is 5.75 Å². The van der Waals surface area contributed by atoms with Crippen LogP contribution >= 0.6 is 0 Å². The van der Waals surface area contributed by atoms with E-state index in [4.69, 9.17) is 9.72 Å². The van der Waals surface area contributed by atoms with Crippen molar-refractivity contribution in [3.63, 3.8) is 0 Å². The van der Waals surface area contributed by atoms with Crippen molar-refractivity contribution in [2.24, 2.45) is 0 Å². The molecular weight excluding hydrogens is 587 g/mol. The molecule has 12 heteroatoms. The van der Waals surface area contributed by atoms with Crippen LogP contribution in [0.1, 0.15) is 43.7 Å². The van der Waals surface area contributed by atoms with Crippen LogP contribution in [0.3, 0.4) is 0 Å². The number of amides is 3. The molecule has 2 saturated heterocycles. The summed E-state index contributed by atoms with van der Waals surface area (Å²) in [5.74, 6) is 0.767. The number of ether oxygens (including phenoxy) is 1. The minimum absolute atomic E-state index is 0.0359. The van der Waals surface area contributed by atoms with Gasteiger partial charge in [-0.15, -0.1) is 0 Å². The number of nitrogens with zero attached hydrogens (tertiary/aromatic N) is 7. The van der Waals surface area contributed by atoms with Gasteiger partial charge in [-0.25, -0.2) is 14.2 Å².